The second-order valence-corrected chi connectivity index (χ2v) is 5.73. The first kappa shape index (κ1) is 9.42. The van der Waals surface area contributed by atoms with Crippen LogP contribution in [0.25, 0.3) is 10.6 Å². The normalized spacial score (nSPS) is 20.9. The third-order valence-corrected chi connectivity index (χ3v) is 4.67. The lowest BCUT2D eigenvalue weighted by Gasteiger charge is -2.05. The number of hydrogen-bond acceptors (Lipinski definition) is 4. The van der Waals surface area contributed by atoms with Crippen molar-refractivity contribution in [2.24, 2.45) is 0 Å². The molecule has 1 fully saturated rings. The molecule has 0 aromatic carbocycles. The van der Waals surface area contributed by atoms with E-state index in [1.165, 1.54) is 23.5 Å². The van der Waals surface area contributed by atoms with Crippen LogP contribution in [0.2, 0.25) is 0 Å². The van der Waals surface area contributed by atoms with Gasteiger partial charge in [0.05, 0.1) is 11.1 Å². The molecule has 3 rings (SSSR count). The lowest BCUT2D eigenvalue weighted by Crippen LogP contribution is -2.05. The molecule has 1 atom stereocenters. The van der Waals surface area contributed by atoms with Crippen LogP contribution in [-0.2, 0) is 0 Å². The molecule has 0 saturated carbocycles. The van der Waals surface area contributed by atoms with Gasteiger partial charge < -0.3 is 0 Å². The van der Waals surface area contributed by atoms with Gasteiger partial charge in [-0.3, -0.25) is 0 Å². The lowest BCUT2D eigenvalue weighted by atomic mass is 10.3. The monoisotopic (exact) mass is 237 g/mol. The third-order valence-electron chi connectivity index (χ3n) is 2.45. The van der Waals surface area contributed by atoms with E-state index in [1.807, 2.05) is 28.8 Å². The molecule has 2 aromatic heterocycles. The zero-order chi connectivity index (χ0) is 10.1. The maximum atomic E-state index is 4.53. The molecule has 0 spiro atoms. The first-order valence-corrected chi connectivity index (χ1v) is 6.93. The molecule has 0 N–H and O–H groups in total. The van der Waals surface area contributed by atoms with E-state index in [0.29, 0.717) is 5.37 Å². The summed E-state index contributed by atoms with van der Waals surface area (Å²) in [6, 6.07) is 4.13. The molecular formula is C10H11N3S2. The van der Waals surface area contributed by atoms with Gasteiger partial charge in [0.1, 0.15) is 11.1 Å². The van der Waals surface area contributed by atoms with E-state index in [0.717, 1.165) is 5.69 Å². The summed E-state index contributed by atoms with van der Waals surface area (Å²) in [6.45, 7) is 0. The molecule has 1 unspecified atom stereocenters. The number of thioether (sulfide) groups is 1. The lowest BCUT2D eigenvalue weighted by molar-refractivity contribution is 0.511. The standard InChI is InChI=1S/C10H11N3S2/c1-3-9(14-5-1)8-7-11-13(12-8)10-4-2-6-15-10/h1,3,5,7,10H,2,4,6H2. The van der Waals surface area contributed by atoms with Gasteiger partial charge in [0.25, 0.3) is 0 Å². The average molecular weight is 237 g/mol. The quantitative estimate of drug-likeness (QED) is 0.804. The Morgan fingerprint density at radius 1 is 1.47 bits per heavy atom. The molecule has 78 valence electrons. The summed E-state index contributed by atoms with van der Waals surface area (Å²) in [5.74, 6) is 1.24. The van der Waals surface area contributed by atoms with E-state index < -0.39 is 0 Å². The highest BCUT2D eigenvalue weighted by Crippen LogP contribution is 2.35. The Kier molecular flexibility index (Phi) is 2.50. The second kappa shape index (κ2) is 3.98. The summed E-state index contributed by atoms with van der Waals surface area (Å²) in [4.78, 5) is 3.07. The van der Waals surface area contributed by atoms with Crippen LogP contribution in [0.4, 0.5) is 0 Å². The molecule has 1 aliphatic rings. The van der Waals surface area contributed by atoms with E-state index in [4.69, 9.17) is 0 Å². The van der Waals surface area contributed by atoms with Gasteiger partial charge in [-0.1, -0.05) is 6.07 Å². The van der Waals surface area contributed by atoms with Gasteiger partial charge in [-0.25, -0.2) is 0 Å². The fourth-order valence-corrected chi connectivity index (χ4v) is 3.54. The van der Waals surface area contributed by atoms with Crippen LogP contribution in [0.3, 0.4) is 0 Å². The number of aromatic nitrogens is 3. The average Bonchev–Trinajstić information content (AvgIpc) is 3.02. The number of thiophene rings is 1. The molecule has 1 aliphatic heterocycles. The van der Waals surface area contributed by atoms with Crippen molar-refractivity contribution < 1.29 is 0 Å². The molecule has 2 aromatic rings. The highest BCUT2D eigenvalue weighted by molar-refractivity contribution is 7.99. The van der Waals surface area contributed by atoms with E-state index >= 15 is 0 Å². The van der Waals surface area contributed by atoms with Crippen LogP contribution >= 0.6 is 23.1 Å². The summed E-state index contributed by atoms with van der Waals surface area (Å²) in [6.07, 6.45) is 4.35. The van der Waals surface area contributed by atoms with Crippen molar-refractivity contribution in [3.8, 4) is 10.6 Å². The first-order chi connectivity index (χ1) is 7.43. The Hall–Kier alpha value is -0.810. The van der Waals surface area contributed by atoms with Crippen LogP contribution < -0.4 is 0 Å². The van der Waals surface area contributed by atoms with Crippen LogP contribution in [-0.4, -0.2) is 20.7 Å². The van der Waals surface area contributed by atoms with E-state index in [2.05, 4.69) is 21.6 Å². The zero-order valence-electron chi connectivity index (χ0n) is 8.17. The minimum Gasteiger partial charge on any atom is -0.171 e. The molecule has 5 heteroatoms. The summed E-state index contributed by atoms with van der Waals surface area (Å²) in [5.41, 5.74) is 0.998. The van der Waals surface area contributed by atoms with E-state index in [1.54, 1.807) is 11.3 Å². The van der Waals surface area contributed by atoms with Crippen LogP contribution in [0.5, 0.6) is 0 Å². The Labute approximate surface area is 96.5 Å². The molecule has 15 heavy (non-hydrogen) atoms. The summed E-state index contributed by atoms with van der Waals surface area (Å²) in [5, 5.41) is 11.4. The maximum absolute atomic E-state index is 4.53. The van der Waals surface area contributed by atoms with Gasteiger partial charge in [0.2, 0.25) is 0 Å². The molecule has 1 saturated heterocycles. The zero-order valence-corrected chi connectivity index (χ0v) is 9.80. The first-order valence-electron chi connectivity index (χ1n) is 5.01. The Morgan fingerprint density at radius 3 is 3.20 bits per heavy atom. The fourth-order valence-electron chi connectivity index (χ4n) is 1.69. The largest absolute Gasteiger partial charge is 0.171 e. The molecule has 3 heterocycles. The number of hydrogen-bond donors (Lipinski definition) is 0. The topological polar surface area (TPSA) is 30.7 Å². The van der Waals surface area contributed by atoms with Crippen molar-refractivity contribution in [3.63, 3.8) is 0 Å². The smallest absolute Gasteiger partial charge is 0.123 e. The molecular weight excluding hydrogens is 226 g/mol. The third kappa shape index (κ3) is 1.81. The van der Waals surface area contributed by atoms with Crippen molar-refractivity contribution in [1.29, 1.82) is 0 Å². The Balaban J connectivity index is 1.87. The summed E-state index contributed by atoms with van der Waals surface area (Å²) in [7, 11) is 0. The minimum absolute atomic E-state index is 0.457. The summed E-state index contributed by atoms with van der Waals surface area (Å²) >= 11 is 3.66. The Morgan fingerprint density at radius 2 is 2.47 bits per heavy atom. The minimum atomic E-state index is 0.457. The Bertz CT molecular complexity index is 429. The van der Waals surface area contributed by atoms with Crippen LogP contribution in [0.15, 0.2) is 23.7 Å². The second-order valence-electron chi connectivity index (χ2n) is 3.50. The number of nitrogens with zero attached hydrogens (tertiary/aromatic N) is 3. The maximum Gasteiger partial charge on any atom is 0.123 e. The van der Waals surface area contributed by atoms with E-state index in [9.17, 15) is 0 Å². The number of rotatable bonds is 2. The highest BCUT2D eigenvalue weighted by atomic mass is 32.2. The van der Waals surface area contributed by atoms with Crippen molar-refractivity contribution in [2.45, 2.75) is 18.2 Å². The summed E-state index contributed by atoms with van der Waals surface area (Å²) < 4.78 is 0. The fraction of sp³-hybridized carbons (Fsp3) is 0.400. The van der Waals surface area contributed by atoms with Gasteiger partial charge in [0, 0.05) is 0 Å². The van der Waals surface area contributed by atoms with Crippen molar-refractivity contribution in [3.05, 3.63) is 23.7 Å². The van der Waals surface area contributed by atoms with Gasteiger partial charge >= 0.3 is 0 Å². The molecule has 0 bridgehead atoms. The van der Waals surface area contributed by atoms with Gasteiger partial charge in [-0.05, 0) is 30.0 Å². The van der Waals surface area contributed by atoms with Crippen molar-refractivity contribution in [2.75, 3.05) is 5.75 Å². The predicted molar refractivity (Wildman–Crippen MR) is 64.1 cm³/mol. The van der Waals surface area contributed by atoms with Crippen LogP contribution in [0.1, 0.15) is 18.2 Å². The van der Waals surface area contributed by atoms with E-state index in [-0.39, 0.29) is 0 Å². The molecule has 0 aliphatic carbocycles. The van der Waals surface area contributed by atoms with Crippen molar-refractivity contribution in [1.82, 2.24) is 15.0 Å². The predicted octanol–water partition coefficient (Wildman–Crippen LogP) is 3.03. The highest BCUT2D eigenvalue weighted by Gasteiger charge is 2.19. The van der Waals surface area contributed by atoms with Crippen LogP contribution in [0, 0.1) is 0 Å². The SMILES string of the molecule is c1csc(-c2cnn(C3CCCS3)n2)c1. The van der Waals surface area contributed by atoms with Gasteiger partial charge in [-0.2, -0.15) is 15.0 Å². The van der Waals surface area contributed by atoms with Gasteiger partial charge in [-0.15, -0.1) is 23.1 Å². The molecule has 0 amide bonds. The van der Waals surface area contributed by atoms with Gasteiger partial charge in [0.15, 0.2) is 0 Å². The molecule has 3 nitrogen and oxygen atoms in total. The molecule has 0 radical (unpaired) electrons. The van der Waals surface area contributed by atoms with Crippen molar-refractivity contribution >= 4 is 23.1 Å².